The Hall–Kier alpha value is -3.06. The minimum atomic E-state index is -2.74. The third-order valence-corrected chi connectivity index (χ3v) is 7.46. The molecule has 5 N–H and O–H groups in total. The molecule has 3 heterocycles. The number of aromatic nitrogens is 2. The summed E-state index contributed by atoms with van der Waals surface area (Å²) >= 11 is 1.85. The van der Waals surface area contributed by atoms with Crippen molar-refractivity contribution in [3.63, 3.8) is 0 Å². The van der Waals surface area contributed by atoms with Crippen LogP contribution in [0, 0.1) is 6.92 Å². The van der Waals surface area contributed by atoms with Gasteiger partial charge in [-0.2, -0.15) is 5.10 Å². The van der Waals surface area contributed by atoms with E-state index in [2.05, 4.69) is 74.0 Å². The molecule has 1 aliphatic rings. The molecule has 39 heavy (non-hydrogen) atoms. The lowest BCUT2D eigenvalue weighted by Gasteiger charge is -2.49. The van der Waals surface area contributed by atoms with Gasteiger partial charge in [-0.15, -0.1) is 11.3 Å². The van der Waals surface area contributed by atoms with Crippen LogP contribution in [0.1, 0.15) is 69.5 Å². The maximum absolute atomic E-state index is 10.3. The maximum atomic E-state index is 10.3. The zero-order valence-corrected chi connectivity index (χ0v) is 24.0. The summed E-state index contributed by atoms with van der Waals surface area (Å²) in [5.74, 6) is -5.02. The molecule has 216 valence electrons. The summed E-state index contributed by atoms with van der Waals surface area (Å²) in [4.78, 5) is 34.6. The fourth-order valence-corrected chi connectivity index (χ4v) is 5.90. The summed E-state index contributed by atoms with van der Waals surface area (Å²) in [6.07, 6.45) is 3.78. The van der Waals surface area contributed by atoms with E-state index in [0.717, 1.165) is 25.9 Å². The topological polar surface area (TPSA) is 165 Å². The molecule has 1 saturated heterocycles. The van der Waals surface area contributed by atoms with Gasteiger partial charge in [0.1, 0.15) is 0 Å². The molecule has 2 aromatic rings. The Morgan fingerprint density at radius 1 is 1.15 bits per heavy atom. The molecular weight excluding hydrogens is 524 g/mol. The molecule has 11 nitrogen and oxygen atoms in total. The molecule has 0 atom stereocenters. The van der Waals surface area contributed by atoms with Crippen molar-refractivity contribution in [3.05, 3.63) is 46.4 Å². The fourth-order valence-electron chi connectivity index (χ4n) is 5.17. The van der Waals surface area contributed by atoms with Crippen molar-refractivity contribution in [2.75, 3.05) is 0 Å². The Morgan fingerprint density at radius 3 is 2.13 bits per heavy atom. The molecule has 0 saturated carbocycles. The maximum Gasteiger partial charge on any atom is 0.336 e. The average Bonchev–Trinajstić information content (AvgIpc) is 3.40. The number of carboxylic acids is 3. The SMILES string of the molecule is C=Cn1ncc(CN(Cc2cccs2)C2CC(C)(C)NC(C)(C)C2)c1C.O=C(O)CC(O)(CC(=O)O)C(=O)O. The molecule has 2 aromatic heterocycles. The normalized spacial score (nSPS) is 16.8. The molecular formula is C27H40N4O7S. The van der Waals surface area contributed by atoms with Gasteiger partial charge < -0.3 is 25.7 Å². The molecule has 0 unspecified atom stereocenters. The van der Waals surface area contributed by atoms with Crippen molar-refractivity contribution in [2.24, 2.45) is 0 Å². The third-order valence-electron chi connectivity index (χ3n) is 6.60. The predicted molar refractivity (Wildman–Crippen MR) is 148 cm³/mol. The van der Waals surface area contributed by atoms with Crippen LogP contribution >= 0.6 is 11.3 Å². The van der Waals surface area contributed by atoms with E-state index < -0.39 is 36.4 Å². The van der Waals surface area contributed by atoms with Gasteiger partial charge in [0.25, 0.3) is 0 Å². The summed E-state index contributed by atoms with van der Waals surface area (Å²) in [5, 5.41) is 44.2. The number of aliphatic hydroxyl groups is 1. The highest BCUT2D eigenvalue weighted by Crippen LogP contribution is 2.33. The third kappa shape index (κ3) is 9.57. The molecule has 1 aliphatic heterocycles. The van der Waals surface area contributed by atoms with E-state index in [9.17, 15) is 14.4 Å². The first-order valence-corrected chi connectivity index (χ1v) is 13.5. The largest absolute Gasteiger partial charge is 0.481 e. The highest BCUT2D eigenvalue weighted by Gasteiger charge is 2.41. The molecule has 3 rings (SSSR count). The summed E-state index contributed by atoms with van der Waals surface area (Å²) in [7, 11) is 0. The number of hydrogen-bond donors (Lipinski definition) is 5. The van der Waals surface area contributed by atoms with Crippen LogP contribution in [-0.4, -0.2) is 75.7 Å². The van der Waals surface area contributed by atoms with Crippen LogP contribution in [0.5, 0.6) is 0 Å². The molecule has 0 radical (unpaired) electrons. The van der Waals surface area contributed by atoms with E-state index >= 15 is 0 Å². The Bertz CT molecular complexity index is 1130. The summed E-state index contributed by atoms with van der Waals surface area (Å²) in [5.41, 5.74) is 0.0118. The standard InChI is InChI=1S/C21H32N4S.C6H8O7/c1-7-25-16(2)17(13-22-25)14-24(15-19-9-8-10-26-19)18-11-20(3,4)23-21(5,6)12-18;7-3(8)1-6(13,5(11)12)2-4(9)10/h7-10,13,18,23H,1,11-12,14-15H2,2-6H3;13H,1-2H2,(H,7,8)(H,9,10)(H,11,12). The van der Waals surface area contributed by atoms with Gasteiger partial charge in [0, 0.05) is 52.5 Å². The molecule has 0 aliphatic carbocycles. The van der Waals surface area contributed by atoms with Crippen LogP contribution < -0.4 is 5.32 Å². The number of thiophene rings is 1. The number of nitrogens with zero attached hydrogens (tertiary/aromatic N) is 3. The molecule has 0 bridgehead atoms. The quantitative estimate of drug-likeness (QED) is 0.273. The number of hydrogen-bond acceptors (Lipinski definition) is 8. The van der Waals surface area contributed by atoms with Crippen LogP contribution in [0.15, 0.2) is 30.3 Å². The predicted octanol–water partition coefficient (Wildman–Crippen LogP) is 3.42. The lowest BCUT2D eigenvalue weighted by Crippen LogP contribution is -2.62. The number of carbonyl (C=O) groups is 3. The monoisotopic (exact) mass is 564 g/mol. The van der Waals surface area contributed by atoms with Crippen molar-refractivity contribution in [1.29, 1.82) is 0 Å². The zero-order valence-electron chi connectivity index (χ0n) is 23.2. The van der Waals surface area contributed by atoms with Gasteiger partial charge in [0.2, 0.25) is 0 Å². The summed E-state index contributed by atoms with van der Waals surface area (Å²) in [6.45, 7) is 17.2. The lowest BCUT2D eigenvalue weighted by molar-refractivity contribution is -0.170. The van der Waals surface area contributed by atoms with Crippen LogP contribution in [0.25, 0.3) is 6.20 Å². The van der Waals surface area contributed by atoms with Gasteiger partial charge in [-0.1, -0.05) is 12.6 Å². The van der Waals surface area contributed by atoms with Gasteiger partial charge in [-0.05, 0) is 58.9 Å². The van der Waals surface area contributed by atoms with E-state index in [4.69, 9.17) is 20.4 Å². The van der Waals surface area contributed by atoms with Gasteiger partial charge in [-0.25, -0.2) is 9.48 Å². The number of rotatable bonds is 11. The summed E-state index contributed by atoms with van der Waals surface area (Å²) in [6, 6.07) is 4.93. The van der Waals surface area contributed by atoms with E-state index in [0.29, 0.717) is 6.04 Å². The van der Waals surface area contributed by atoms with Gasteiger partial charge in [0.15, 0.2) is 5.60 Å². The number of aliphatic carboxylic acids is 3. The highest BCUT2D eigenvalue weighted by atomic mass is 32.1. The van der Waals surface area contributed by atoms with Crippen molar-refractivity contribution in [3.8, 4) is 0 Å². The van der Waals surface area contributed by atoms with Crippen molar-refractivity contribution < 1.29 is 34.8 Å². The first kappa shape index (κ1) is 32.2. The van der Waals surface area contributed by atoms with E-state index in [1.807, 2.05) is 22.2 Å². The van der Waals surface area contributed by atoms with Crippen LogP contribution in [0.3, 0.4) is 0 Å². The molecule has 0 spiro atoms. The second-order valence-corrected chi connectivity index (χ2v) is 12.3. The van der Waals surface area contributed by atoms with E-state index in [1.54, 1.807) is 6.20 Å². The van der Waals surface area contributed by atoms with E-state index in [1.165, 1.54) is 16.1 Å². The Kier molecular flexibility index (Phi) is 10.6. The highest BCUT2D eigenvalue weighted by molar-refractivity contribution is 7.09. The fraction of sp³-hybridized carbons (Fsp3) is 0.556. The van der Waals surface area contributed by atoms with Crippen molar-refractivity contribution in [2.45, 2.75) is 96.1 Å². The van der Waals surface area contributed by atoms with Gasteiger partial charge >= 0.3 is 17.9 Å². The van der Waals surface area contributed by atoms with Crippen molar-refractivity contribution in [1.82, 2.24) is 20.0 Å². The number of carboxylic acid groups (broad SMARTS) is 3. The van der Waals surface area contributed by atoms with Gasteiger partial charge in [-0.3, -0.25) is 14.5 Å². The molecule has 12 heteroatoms. The van der Waals surface area contributed by atoms with Crippen LogP contribution in [-0.2, 0) is 27.5 Å². The Morgan fingerprint density at radius 2 is 1.72 bits per heavy atom. The van der Waals surface area contributed by atoms with Gasteiger partial charge in [0.05, 0.1) is 19.0 Å². The first-order chi connectivity index (χ1) is 18.0. The lowest BCUT2D eigenvalue weighted by atomic mass is 9.79. The molecule has 0 aromatic carbocycles. The second kappa shape index (κ2) is 12.9. The van der Waals surface area contributed by atoms with Crippen molar-refractivity contribution >= 4 is 35.4 Å². The summed E-state index contributed by atoms with van der Waals surface area (Å²) < 4.78 is 1.87. The number of piperidine rings is 1. The zero-order chi connectivity index (χ0) is 29.6. The Labute approximate surface area is 232 Å². The van der Waals surface area contributed by atoms with Crippen LogP contribution in [0.2, 0.25) is 0 Å². The average molecular weight is 565 g/mol. The minimum absolute atomic E-state index is 0.139. The van der Waals surface area contributed by atoms with Crippen LogP contribution in [0.4, 0.5) is 0 Å². The molecule has 1 fully saturated rings. The second-order valence-electron chi connectivity index (χ2n) is 11.3. The smallest absolute Gasteiger partial charge is 0.336 e. The number of nitrogens with one attached hydrogen (secondary N) is 1. The first-order valence-electron chi connectivity index (χ1n) is 12.6. The molecule has 0 amide bonds. The van der Waals surface area contributed by atoms with E-state index in [-0.39, 0.29) is 11.1 Å². The minimum Gasteiger partial charge on any atom is -0.481 e. The Balaban J connectivity index is 0.000000349.